The molecular formula is C16H19N3O2. The Kier molecular flexibility index (Phi) is 3.07. The van der Waals surface area contributed by atoms with E-state index in [-0.39, 0.29) is 0 Å². The molecule has 4 rings (SSSR count). The van der Waals surface area contributed by atoms with Gasteiger partial charge in [0.2, 0.25) is 6.79 Å². The molecular weight excluding hydrogens is 266 g/mol. The molecule has 5 nitrogen and oxygen atoms in total. The quantitative estimate of drug-likeness (QED) is 0.890. The molecule has 0 spiro atoms. The molecule has 1 aliphatic carbocycles. The van der Waals surface area contributed by atoms with E-state index in [2.05, 4.69) is 9.97 Å². The van der Waals surface area contributed by atoms with Crippen LogP contribution in [0.15, 0.2) is 24.4 Å². The van der Waals surface area contributed by atoms with Gasteiger partial charge < -0.3 is 20.2 Å². The molecule has 2 aromatic rings. The highest BCUT2D eigenvalue weighted by Gasteiger charge is 2.22. The molecule has 2 aliphatic rings. The van der Waals surface area contributed by atoms with Gasteiger partial charge in [0, 0.05) is 17.5 Å². The van der Waals surface area contributed by atoms with Crippen LogP contribution in [0, 0.1) is 0 Å². The summed E-state index contributed by atoms with van der Waals surface area (Å²) < 4.78 is 10.8. The minimum absolute atomic E-state index is 0.301. The predicted molar refractivity (Wildman–Crippen MR) is 79.3 cm³/mol. The number of rotatable bonds is 2. The van der Waals surface area contributed by atoms with Crippen LogP contribution in [0.5, 0.6) is 11.5 Å². The molecule has 3 N–H and O–H groups in total. The zero-order valence-electron chi connectivity index (χ0n) is 11.8. The molecule has 1 aliphatic heterocycles. The van der Waals surface area contributed by atoms with E-state index in [1.165, 1.54) is 0 Å². The summed E-state index contributed by atoms with van der Waals surface area (Å²) in [6, 6.07) is 6.33. The third kappa shape index (κ3) is 2.38. The minimum Gasteiger partial charge on any atom is -0.454 e. The summed E-state index contributed by atoms with van der Waals surface area (Å²) in [4.78, 5) is 8.02. The number of imidazole rings is 1. The van der Waals surface area contributed by atoms with E-state index < -0.39 is 0 Å². The molecule has 0 atom stereocenters. The van der Waals surface area contributed by atoms with Crippen LogP contribution in [0.1, 0.15) is 37.4 Å². The van der Waals surface area contributed by atoms with Gasteiger partial charge in [0.1, 0.15) is 5.82 Å². The zero-order valence-corrected chi connectivity index (χ0v) is 11.8. The second-order valence-electron chi connectivity index (χ2n) is 5.86. The number of benzene rings is 1. The van der Waals surface area contributed by atoms with E-state index in [0.29, 0.717) is 18.8 Å². The summed E-state index contributed by atoms with van der Waals surface area (Å²) in [5.74, 6) is 3.19. The molecule has 1 saturated carbocycles. The molecule has 0 amide bonds. The standard InChI is InChI=1S/C16H19N3O2/c17-12-4-1-10(2-5-12)16-18-8-13(19-16)11-3-6-14-15(7-11)21-9-20-14/h3,6-8,10,12H,1-2,4-5,9,17H2,(H,18,19). The first-order chi connectivity index (χ1) is 10.3. The second-order valence-corrected chi connectivity index (χ2v) is 5.86. The zero-order chi connectivity index (χ0) is 14.2. The number of aromatic nitrogens is 2. The maximum absolute atomic E-state index is 5.97. The van der Waals surface area contributed by atoms with Gasteiger partial charge in [-0.15, -0.1) is 0 Å². The van der Waals surface area contributed by atoms with Crippen molar-refractivity contribution in [2.75, 3.05) is 6.79 Å². The Hall–Kier alpha value is -2.01. The highest BCUT2D eigenvalue weighted by Crippen LogP contribution is 2.36. The third-order valence-corrected chi connectivity index (χ3v) is 4.44. The SMILES string of the molecule is NC1CCC(c2ncc(-c3ccc4c(c3)OCO4)[nH]2)CC1. The Labute approximate surface area is 123 Å². The molecule has 0 bridgehead atoms. The first kappa shape index (κ1) is 12.7. The van der Waals surface area contributed by atoms with Crippen LogP contribution in [-0.4, -0.2) is 22.8 Å². The molecule has 0 radical (unpaired) electrons. The van der Waals surface area contributed by atoms with Gasteiger partial charge in [0.15, 0.2) is 11.5 Å². The summed E-state index contributed by atoms with van der Waals surface area (Å²) in [5, 5.41) is 0. The lowest BCUT2D eigenvalue weighted by atomic mass is 9.86. The molecule has 1 aromatic heterocycles. The van der Waals surface area contributed by atoms with Gasteiger partial charge in [-0.2, -0.15) is 0 Å². The number of hydrogen-bond donors (Lipinski definition) is 2. The first-order valence-corrected chi connectivity index (χ1v) is 7.50. The lowest BCUT2D eigenvalue weighted by Gasteiger charge is -2.24. The van der Waals surface area contributed by atoms with Crippen molar-refractivity contribution in [1.82, 2.24) is 9.97 Å². The largest absolute Gasteiger partial charge is 0.454 e. The van der Waals surface area contributed by atoms with Gasteiger partial charge in [-0.05, 0) is 43.9 Å². The van der Waals surface area contributed by atoms with Crippen LogP contribution < -0.4 is 15.2 Å². The number of fused-ring (bicyclic) bond motifs is 1. The minimum atomic E-state index is 0.301. The smallest absolute Gasteiger partial charge is 0.231 e. The molecule has 1 aromatic carbocycles. The normalized spacial score (nSPS) is 24.2. The van der Waals surface area contributed by atoms with Crippen molar-refractivity contribution in [1.29, 1.82) is 0 Å². The lowest BCUT2D eigenvalue weighted by molar-refractivity contribution is 0.174. The van der Waals surface area contributed by atoms with Crippen molar-refractivity contribution in [2.45, 2.75) is 37.6 Å². The first-order valence-electron chi connectivity index (χ1n) is 7.50. The van der Waals surface area contributed by atoms with E-state index in [1.54, 1.807) is 0 Å². The fourth-order valence-corrected chi connectivity index (χ4v) is 3.15. The van der Waals surface area contributed by atoms with E-state index in [0.717, 1.165) is 54.3 Å². The fourth-order valence-electron chi connectivity index (χ4n) is 3.15. The van der Waals surface area contributed by atoms with E-state index in [1.807, 2.05) is 24.4 Å². The third-order valence-electron chi connectivity index (χ3n) is 4.44. The highest BCUT2D eigenvalue weighted by molar-refractivity contribution is 5.64. The Morgan fingerprint density at radius 1 is 1.10 bits per heavy atom. The second kappa shape index (κ2) is 5.07. The van der Waals surface area contributed by atoms with Crippen molar-refractivity contribution < 1.29 is 9.47 Å². The Morgan fingerprint density at radius 2 is 1.90 bits per heavy atom. The number of H-pyrrole nitrogens is 1. The Bertz CT molecular complexity index is 645. The van der Waals surface area contributed by atoms with Gasteiger partial charge in [0.25, 0.3) is 0 Å². The number of ether oxygens (including phenoxy) is 2. The van der Waals surface area contributed by atoms with Gasteiger partial charge in [0.05, 0.1) is 11.9 Å². The van der Waals surface area contributed by atoms with Crippen LogP contribution >= 0.6 is 0 Å². The van der Waals surface area contributed by atoms with Crippen molar-refractivity contribution >= 4 is 0 Å². The number of nitrogens with one attached hydrogen (secondary N) is 1. The summed E-state index contributed by atoms with van der Waals surface area (Å²) >= 11 is 0. The van der Waals surface area contributed by atoms with E-state index in [9.17, 15) is 0 Å². The summed E-state index contributed by atoms with van der Waals surface area (Å²) in [6.45, 7) is 0.301. The van der Waals surface area contributed by atoms with Crippen molar-refractivity contribution in [3.8, 4) is 22.8 Å². The maximum Gasteiger partial charge on any atom is 0.231 e. The molecule has 0 unspecified atom stereocenters. The average Bonchev–Trinajstić information content (AvgIpc) is 3.16. The molecule has 1 fully saturated rings. The van der Waals surface area contributed by atoms with Crippen molar-refractivity contribution in [3.05, 3.63) is 30.2 Å². The Balaban J connectivity index is 1.57. The number of nitrogens with two attached hydrogens (primary N) is 1. The summed E-state index contributed by atoms with van der Waals surface area (Å²) in [6.07, 6.45) is 6.32. The van der Waals surface area contributed by atoms with Crippen LogP contribution in [0.25, 0.3) is 11.3 Å². The lowest BCUT2D eigenvalue weighted by Crippen LogP contribution is -2.26. The van der Waals surface area contributed by atoms with Crippen LogP contribution in [-0.2, 0) is 0 Å². The monoisotopic (exact) mass is 285 g/mol. The number of hydrogen-bond acceptors (Lipinski definition) is 4. The topological polar surface area (TPSA) is 73.2 Å². The van der Waals surface area contributed by atoms with Gasteiger partial charge in [-0.25, -0.2) is 4.98 Å². The van der Waals surface area contributed by atoms with Crippen LogP contribution in [0.4, 0.5) is 0 Å². The molecule has 21 heavy (non-hydrogen) atoms. The summed E-state index contributed by atoms with van der Waals surface area (Å²) in [7, 11) is 0. The summed E-state index contributed by atoms with van der Waals surface area (Å²) in [5.41, 5.74) is 8.07. The highest BCUT2D eigenvalue weighted by atomic mass is 16.7. The van der Waals surface area contributed by atoms with Gasteiger partial charge in [-0.3, -0.25) is 0 Å². The predicted octanol–water partition coefficient (Wildman–Crippen LogP) is 2.79. The molecule has 2 heterocycles. The average molecular weight is 285 g/mol. The maximum atomic E-state index is 5.97. The molecule has 5 heteroatoms. The van der Waals surface area contributed by atoms with E-state index >= 15 is 0 Å². The fraction of sp³-hybridized carbons (Fsp3) is 0.438. The van der Waals surface area contributed by atoms with Crippen LogP contribution in [0.2, 0.25) is 0 Å². The van der Waals surface area contributed by atoms with Crippen molar-refractivity contribution in [3.63, 3.8) is 0 Å². The van der Waals surface area contributed by atoms with Crippen LogP contribution in [0.3, 0.4) is 0 Å². The van der Waals surface area contributed by atoms with E-state index in [4.69, 9.17) is 15.2 Å². The van der Waals surface area contributed by atoms with Gasteiger partial charge >= 0.3 is 0 Å². The molecule has 0 saturated heterocycles. The van der Waals surface area contributed by atoms with Crippen molar-refractivity contribution in [2.24, 2.45) is 5.73 Å². The van der Waals surface area contributed by atoms with Gasteiger partial charge in [-0.1, -0.05) is 0 Å². The molecule has 110 valence electrons. The Morgan fingerprint density at radius 3 is 2.76 bits per heavy atom. The number of aromatic amines is 1. The number of nitrogens with zero attached hydrogens (tertiary/aromatic N) is 1.